The summed E-state index contributed by atoms with van der Waals surface area (Å²) < 4.78 is 5.09. The summed E-state index contributed by atoms with van der Waals surface area (Å²) in [6.45, 7) is 10.4. The third kappa shape index (κ3) is 3.79. The van der Waals surface area contributed by atoms with Gasteiger partial charge in [-0.3, -0.25) is 9.80 Å². The normalized spacial score (nSPS) is 20.3. The highest BCUT2D eigenvalue weighted by Gasteiger charge is 2.30. The van der Waals surface area contributed by atoms with E-state index in [0.29, 0.717) is 18.0 Å². The molecule has 23 heavy (non-hydrogen) atoms. The van der Waals surface area contributed by atoms with Gasteiger partial charge in [-0.1, -0.05) is 42.4 Å². The Balaban J connectivity index is 1.61. The molecular weight excluding hydrogens is 288 g/mol. The third-order valence-corrected chi connectivity index (χ3v) is 4.86. The molecule has 0 saturated carbocycles. The van der Waals surface area contributed by atoms with E-state index in [1.165, 1.54) is 12.0 Å². The fourth-order valence-corrected chi connectivity index (χ4v) is 3.45. The first-order chi connectivity index (χ1) is 11.2. The summed E-state index contributed by atoms with van der Waals surface area (Å²) in [6, 6.07) is 11.8. The number of likely N-dealkylation sites (tertiary alicyclic amines) is 1. The van der Waals surface area contributed by atoms with Crippen molar-refractivity contribution in [3.63, 3.8) is 0 Å². The van der Waals surface area contributed by atoms with E-state index >= 15 is 0 Å². The van der Waals surface area contributed by atoms with Gasteiger partial charge in [-0.05, 0) is 25.5 Å². The van der Waals surface area contributed by atoms with Gasteiger partial charge in [-0.25, -0.2) is 0 Å². The van der Waals surface area contributed by atoms with Gasteiger partial charge < -0.3 is 4.52 Å². The minimum atomic E-state index is 0.465. The van der Waals surface area contributed by atoms with Crippen LogP contribution in [0.5, 0.6) is 0 Å². The van der Waals surface area contributed by atoms with Crippen LogP contribution in [0.15, 0.2) is 34.9 Å². The van der Waals surface area contributed by atoms with Gasteiger partial charge in [0.25, 0.3) is 0 Å². The molecular formula is C18H26N4O. The molecule has 3 rings (SSSR count). The van der Waals surface area contributed by atoms with Gasteiger partial charge in [0.2, 0.25) is 5.89 Å². The lowest BCUT2D eigenvalue weighted by Gasteiger charge is -2.28. The van der Waals surface area contributed by atoms with E-state index in [2.05, 4.69) is 64.1 Å². The predicted molar refractivity (Wildman–Crippen MR) is 90.0 cm³/mol. The lowest BCUT2D eigenvalue weighted by molar-refractivity contribution is 0.175. The smallest absolute Gasteiger partial charge is 0.223 e. The van der Waals surface area contributed by atoms with Gasteiger partial charge in [0.15, 0.2) is 5.82 Å². The van der Waals surface area contributed by atoms with Gasteiger partial charge in [-0.2, -0.15) is 4.98 Å². The zero-order valence-corrected chi connectivity index (χ0v) is 14.3. The minimum Gasteiger partial charge on any atom is -0.340 e. The van der Waals surface area contributed by atoms with Gasteiger partial charge in [-0.15, -0.1) is 0 Å². The maximum absolute atomic E-state index is 5.09. The molecule has 0 spiro atoms. The molecule has 1 aliphatic rings. The Hall–Kier alpha value is -1.72. The van der Waals surface area contributed by atoms with Crippen LogP contribution in [0, 0.1) is 6.92 Å². The summed E-state index contributed by atoms with van der Waals surface area (Å²) in [5.41, 5.74) is 1.39. The van der Waals surface area contributed by atoms with Gasteiger partial charge in [0.1, 0.15) is 0 Å². The number of hydrogen-bond donors (Lipinski definition) is 0. The summed E-state index contributed by atoms with van der Waals surface area (Å²) in [4.78, 5) is 9.37. The first-order valence-electron chi connectivity index (χ1n) is 8.49. The van der Waals surface area contributed by atoms with Gasteiger partial charge >= 0.3 is 0 Å². The molecule has 0 N–H and O–H groups in total. The molecule has 0 aliphatic carbocycles. The van der Waals surface area contributed by atoms with Crippen LogP contribution in [0.3, 0.4) is 0 Å². The van der Waals surface area contributed by atoms with Crippen molar-refractivity contribution >= 4 is 0 Å². The molecule has 2 atom stereocenters. The van der Waals surface area contributed by atoms with Crippen LogP contribution < -0.4 is 0 Å². The third-order valence-electron chi connectivity index (χ3n) is 4.86. The second-order valence-corrected chi connectivity index (χ2v) is 6.32. The Labute approximate surface area is 138 Å². The number of hydrogen-bond acceptors (Lipinski definition) is 5. The van der Waals surface area contributed by atoms with Crippen molar-refractivity contribution in [1.29, 1.82) is 0 Å². The summed E-state index contributed by atoms with van der Waals surface area (Å²) in [6.07, 6.45) is 1.20. The van der Waals surface area contributed by atoms with Crippen molar-refractivity contribution in [3.8, 4) is 0 Å². The average Bonchev–Trinajstić information content (AvgIpc) is 3.22. The molecule has 124 valence electrons. The molecule has 0 amide bonds. The number of rotatable bonds is 6. The van der Waals surface area contributed by atoms with Gasteiger partial charge in [0, 0.05) is 32.1 Å². The van der Waals surface area contributed by atoms with Crippen LogP contribution >= 0.6 is 0 Å². The molecule has 2 unspecified atom stereocenters. The zero-order valence-electron chi connectivity index (χ0n) is 14.3. The Morgan fingerprint density at radius 3 is 2.78 bits per heavy atom. The fraction of sp³-hybridized carbons (Fsp3) is 0.556. The predicted octanol–water partition coefficient (Wildman–Crippen LogP) is 3.04. The molecule has 1 aliphatic heterocycles. The SMILES string of the molecule is CCN(Cc1noc(C)n1)C1CCN(C(C)c2ccccc2)C1. The molecule has 0 bridgehead atoms. The summed E-state index contributed by atoms with van der Waals surface area (Å²) in [7, 11) is 0. The molecule has 1 aromatic heterocycles. The lowest BCUT2D eigenvalue weighted by atomic mass is 10.1. The standard InChI is InChI=1S/C18H26N4O/c1-4-21(13-18-19-15(3)23-20-18)17-10-11-22(12-17)14(2)16-8-6-5-7-9-16/h5-9,14,17H,4,10-13H2,1-3H3. The molecule has 5 heteroatoms. The highest BCUT2D eigenvalue weighted by molar-refractivity contribution is 5.18. The van der Waals surface area contributed by atoms with E-state index in [0.717, 1.165) is 32.0 Å². The van der Waals surface area contributed by atoms with Crippen LogP contribution in [-0.4, -0.2) is 45.6 Å². The topological polar surface area (TPSA) is 45.4 Å². The van der Waals surface area contributed by atoms with Crippen LogP contribution in [0.2, 0.25) is 0 Å². The summed E-state index contributed by atoms with van der Waals surface area (Å²) in [5, 5.41) is 4.04. The number of nitrogens with zero attached hydrogens (tertiary/aromatic N) is 4. The van der Waals surface area contributed by atoms with Crippen molar-refractivity contribution in [2.45, 2.75) is 45.8 Å². The highest BCUT2D eigenvalue weighted by Crippen LogP contribution is 2.27. The molecule has 2 aromatic rings. The Kier molecular flexibility index (Phi) is 5.08. The molecule has 0 radical (unpaired) electrons. The van der Waals surface area contributed by atoms with Crippen molar-refractivity contribution in [1.82, 2.24) is 19.9 Å². The van der Waals surface area contributed by atoms with E-state index in [-0.39, 0.29) is 0 Å². The Morgan fingerprint density at radius 2 is 2.13 bits per heavy atom. The largest absolute Gasteiger partial charge is 0.340 e. The fourth-order valence-electron chi connectivity index (χ4n) is 3.45. The van der Waals surface area contributed by atoms with Crippen LogP contribution in [0.25, 0.3) is 0 Å². The van der Waals surface area contributed by atoms with Crippen molar-refractivity contribution in [3.05, 3.63) is 47.6 Å². The quantitative estimate of drug-likeness (QED) is 0.820. The first-order valence-corrected chi connectivity index (χ1v) is 8.49. The molecule has 2 heterocycles. The molecule has 5 nitrogen and oxygen atoms in total. The maximum atomic E-state index is 5.09. The van der Waals surface area contributed by atoms with Crippen molar-refractivity contribution < 1.29 is 4.52 Å². The lowest BCUT2D eigenvalue weighted by Crippen LogP contribution is -2.37. The molecule has 1 aromatic carbocycles. The van der Waals surface area contributed by atoms with E-state index in [1.807, 2.05) is 6.92 Å². The van der Waals surface area contributed by atoms with E-state index in [4.69, 9.17) is 4.52 Å². The maximum Gasteiger partial charge on any atom is 0.223 e. The second-order valence-electron chi connectivity index (χ2n) is 6.32. The number of likely N-dealkylation sites (N-methyl/N-ethyl adjacent to an activating group) is 1. The monoisotopic (exact) mass is 314 g/mol. The van der Waals surface area contributed by atoms with Gasteiger partial charge in [0.05, 0.1) is 6.54 Å². The first kappa shape index (κ1) is 16.1. The number of benzene rings is 1. The van der Waals surface area contributed by atoms with E-state index in [9.17, 15) is 0 Å². The van der Waals surface area contributed by atoms with Crippen molar-refractivity contribution in [2.75, 3.05) is 19.6 Å². The second kappa shape index (κ2) is 7.23. The number of aryl methyl sites for hydroxylation is 1. The average molecular weight is 314 g/mol. The summed E-state index contributed by atoms with van der Waals surface area (Å²) in [5.74, 6) is 1.43. The highest BCUT2D eigenvalue weighted by atomic mass is 16.5. The van der Waals surface area contributed by atoms with E-state index in [1.54, 1.807) is 0 Å². The van der Waals surface area contributed by atoms with Crippen LogP contribution in [-0.2, 0) is 6.54 Å². The Morgan fingerprint density at radius 1 is 1.35 bits per heavy atom. The summed E-state index contributed by atoms with van der Waals surface area (Å²) >= 11 is 0. The zero-order chi connectivity index (χ0) is 16.2. The van der Waals surface area contributed by atoms with Crippen LogP contribution in [0.1, 0.15) is 43.6 Å². The van der Waals surface area contributed by atoms with E-state index < -0.39 is 0 Å². The molecule has 1 saturated heterocycles. The molecule has 1 fully saturated rings. The van der Waals surface area contributed by atoms with Crippen molar-refractivity contribution in [2.24, 2.45) is 0 Å². The number of aromatic nitrogens is 2. The minimum absolute atomic E-state index is 0.465. The van der Waals surface area contributed by atoms with Crippen LogP contribution in [0.4, 0.5) is 0 Å². The Bertz CT molecular complexity index is 612.